The van der Waals surface area contributed by atoms with Crippen LogP contribution in [0, 0.1) is 5.82 Å². The summed E-state index contributed by atoms with van der Waals surface area (Å²) in [4.78, 5) is 4.52. The Morgan fingerprint density at radius 1 is 0.840 bits per heavy atom. The summed E-state index contributed by atoms with van der Waals surface area (Å²) >= 11 is 0. The van der Waals surface area contributed by atoms with Crippen molar-refractivity contribution in [2.45, 2.75) is 6.54 Å². The molecule has 4 rings (SSSR count). The van der Waals surface area contributed by atoms with Crippen LogP contribution in [0.2, 0.25) is 0 Å². The maximum atomic E-state index is 13.1. The number of fused-ring (bicyclic) bond motifs is 1. The topological polar surface area (TPSA) is 58.3 Å². The Morgan fingerprint density at radius 2 is 1.48 bits per heavy atom. The molecule has 0 bridgehead atoms. The van der Waals surface area contributed by atoms with Gasteiger partial charge in [0.1, 0.15) is 5.82 Å². The second kappa shape index (κ2) is 6.64. The Bertz CT molecular complexity index is 873. The molecule has 0 spiro atoms. The van der Waals surface area contributed by atoms with Crippen molar-refractivity contribution in [1.29, 1.82) is 0 Å². The van der Waals surface area contributed by atoms with E-state index in [0.717, 1.165) is 54.2 Å². The highest BCUT2D eigenvalue weighted by Gasteiger charge is 2.21. The van der Waals surface area contributed by atoms with E-state index in [1.165, 1.54) is 12.1 Å². The lowest BCUT2D eigenvalue weighted by atomic mass is 10.1. The molecule has 2 aromatic carbocycles. The first kappa shape index (κ1) is 15.8. The second-order valence-corrected chi connectivity index (χ2v) is 6.17. The molecule has 0 unspecified atom stereocenters. The van der Waals surface area contributed by atoms with Gasteiger partial charge in [-0.25, -0.2) is 4.39 Å². The van der Waals surface area contributed by atoms with Gasteiger partial charge in [0.05, 0.1) is 5.69 Å². The predicted octanol–water partition coefficient (Wildman–Crippen LogP) is 2.55. The van der Waals surface area contributed by atoms with Crippen LogP contribution in [0.3, 0.4) is 0 Å². The van der Waals surface area contributed by atoms with Gasteiger partial charge in [-0.2, -0.15) is 5.10 Å². The number of piperazine rings is 1. The highest BCUT2D eigenvalue weighted by Crippen LogP contribution is 2.27. The maximum Gasteiger partial charge on any atom is 0.159 e. The SMILES string of the molecule is NCc1nnc(N2CCN(c3ccc(F)cc3)CC2)c2ccccc12. The van der Waals surface area contributed by atoms with Gasteiger partial charge in [-0.1, -0.05) is 24.3 Å². The van der Waals surface area contributed by atoms with Crippen LogP contribution >= 0.6 is 0 Å². The van der Waals surface area contributed by atoms with E-state index in [2.05, 4.69) is 26.1 Å². The molecule has 2 heterocycles. The summed E-state index contributed by atoms with van der Waals surface area (Å²) in [5.74, 6) is 0.704. The molecule has 1 saturated heterocycles. The molecule has 0 radical (unpaired) electrons. The molecule has 0 aliphatic carbocycles. The van der Waals surface area contributed by atoms with Gasteiger partial charge >= 0.3 is 0 Å². The van der Waals surface area contributed by atoms with Crippen LogP contribution in [-0.4, -0.2) is 36.4 Å². The largest absolute Gasteiger partial charge is 0.368 e. The number of halogens is 1. The standard InChI is InChI=1S/C19H20FN5/c20-14-5-7-15(8-6-14)24-9-11-25(12-10-24)19-17-4-2-1-3-16(17)18(13-21)22-23-19/h1-8H,9-13,21H2. The summed E-state index contributed by atoms with van der Waals surface area (Å²) in [7, 11) is 0. The van der Waals surface area contributed by atoms with E-state index < -0.39 is 0 Å². The second-order valence-electron chi connectivity index (χ2n) is 6.17. The smallest absolute Gasteiger partial charge is 0.159 e. The fraction of sp³-hybridized carbons (Fsp3) is 0.263. The number of rotatable bonds is 3. The molecule has 0 atom stereocenters. The molecule has 6 heteroatoms. The summed E-state index contributed by atoms with van der Waals surface area (Å²) in [6.07, 6.45) is 0. The monoisotopic (exact) mass is 337 g/mol. The Labute approximate surface area is 145 Å². The molecule has 25 heavy (non-hydrogen) atoms. The molecule has 1 aliphatic heterocycles. The van der Waals surface area contributed by atoms with Gasteiger partial charge in [-0.3, -0.25) is 0 Å². The number of hydrogen-bond acceptors (Lipinski definition) is 5. The average Bonchev–Trinajstić information content (AvgIpc) is 2.68. The van der Waals surface area contributed by atoms with Crippen molar-refractivity contribution < 1.29 is 4.39 Å². The average molecular weight is 337 g/mol. The third-order valence-electron chi connectivity index (χ3n) is 4.71. The summed E-state index contributed by atoms with van der Waals surface area (Å²) in [5.41, 5.74) is 7.66. The van der Waals surface area contributed by atoms with Crippen LogP contribution in [-0.2, 0) is 6.54 Å². The molecule has 2 N–H and O–H groups in total. The van der Waals surface area contributed by atoms with Gasteiger partial charge in [0, 0.05) is 49.2 Å². The van der Waals surface area contributed by atoms with Crippen molar-refractivity contribution in [3.05, 3.63) is 60.0 Å². The molecule has 0 amide bonds. The zero-order valence-corrected chi connectivity index (χ0v) is 13.9. The van der Waals surface area contributed by atoms with E-state index in [0.29, 0.717) is 6.54 Å². The summed E-state index contributed by atoms with van der Waals surface area (Å²) < 4.78 is 13.1. The number of benzene rings is 2. The molecule has 1 fully saturated rings. The van der Waals surface area contributed by atoms with Gasteiger partial charge in [-0.05, 0) is 24.3 Å². The van der Waals surface area contributed by atoms with Crippen molar-refractivity contribution in [2.24, 2.45) is 5.73 Å². The third kappa shape index (κ3) is 3.00. The zero-order chi connectivity index (χ0) is 17.2. The Morgan fingerprint density at radius 3 is 2.16 bits per heavy atom. The number of hydrogen-bond donors (Lipinski definition) is 1. The lowest BCUT2D eigenvalue weighted by Gasteiger charge is -2.37. The van der Waals surface area contributed by atoms with Crippen molar-refractivity contribution in [3.8, 4) is 0 Å². The van der Waals surface area contributed by atoms with Gasteiger partial charge in [-0.15, -0.1) is 5.10 Å². The summed E-state index contributed by atoms with van der Waals surface area (Å²) in [6.45, 7) is 3.79. The quantitative estimate of drug-likeness (QED) is 0.796. The fourth-order valence-electron chi connectivity index (χ4n) is 3.36. The minimum atomic E-state index is -0.205. The fourth-order valence-corrected chi connectivity index (χ4v) is 3.36. The highest BCUT2D eigenvalue weighted by molar-refractivity contribution is 5.93. The van der Waals surface area contributed by atoms with Gasteiger partial charge in [0.2, 0.25) is 0 Å². The Hall–Kier alpha value is -2.73. The van der Waals surface area contributed by atoms with Crippen LogP contribution in [0.1, 0.15) is 5.69 Å². The Kier molecular flexibility index (Phi) is 4.19. The maximum absolute atomic E-state index is 13.1. The van der Waals surface area contributed by atoms with E-state index in [-0.39, 0.29) is 5.82 Å². The predicted molar refractivity (Wildman–Crippen MR) is 98.3 cm³/mol. The van der Waals surface area contributed by atoms with E-state index in [9.17, 15) is 4.39 Å². The first-order valence-corrected chi connectivity index (χ1v) is 8.46. The molecule has 128 valence electrons. The minimum Gasteiger partial charge on any atom is -0.368 e. The van der Waals surface area contributed by atoms with Crippen LogP contribution in [0.25, 0.3) is 10.8 Å². The number of nitrogens with zero attached hydrogens (tertiary/aromatic N) is 4. The van der Waals surface area contributed by atoms with E-state index in [1.807, 2.05) is 30.3 Å². The molecular weight excluding hydrogens is 317 g/mol. The van der Waals surface area contributed by atoms with Crippen LogP contribution in [0.15, 0.2) is 48.5 Å². The summed E-state index contributed by atoms with van der Waals surface area (Å²) in [6, 6.07) is 14.8. The van der Waals surface area contributed by atoms with Crippen molar-refractivity contribution in [1.82, 2.24) is 10.2 Å². The van der Waals surface area contributed by atoms with Gasteiger partial charge in [0.25, 0.3) is 0 Å². The molecule has 5 nitrogen and oxygen atoms in total. The first-order chi connectivity index (χ1) is 12.3. The zero-order valence-electron chi connectivity index (χ0n) is 13.9. The van der Waals surface area contributed by atoms with E-state index >= 15 is 0 Å². The van der Waals surface area contributed by atoms with Crippen LogP contribution in [0.5, 0.6) is 0 Å². The number of aromatic nitrogens is 2. The summed E-state index contributed by atoms with van der Waals surface area (Å²) in [5, 5.41) is 10.9. The molecular formula is C19H20FN5. The Balaban J connectivity index is 1.57. The van der Waals surface area contributed by atoms with Crippen LogP contribution < -0.4 is 15.5 Å². The molecule has 1 aromatic heterocycles. The first-order valence-electron chi connectivity index (χ1n) is 8.46. The normalized spacial score (nSPS) is 15.0. The lowest BCUT2D eigenvalue weighted by Crippen LogP contribution is -2.47. The van der Waals surface area contributed by atoms with E-state index in [4.69, 9.17) is 5.73 Å². The minimum absolute atomic E-state index is 0.205. The van der Waals surface area contributed by atoms with Crippen molar-refractivity contribution in [2.75, 3.05) is 36.0 Å². The third-order valence-corrected chi connectivity index (χ3v) is 4.71. The lowest BCUT2D eigenvalue weighted by molar-refractivity contribution is 0.624. The molecule has 0 saturated carbocycles. The van der Waals surface area contributed by atoms with Crippen molar-refractivity contribution in [3.63, 3.8) is 0 Å². The molecule has 3 aromatic rings. The van der Waals surface area contributed by atoms with Gasteiger partial charge in [0.15, 0.2) is 5.82 Å². The highest BCUT2D eigenvalue weighted by atomic mass is 19.1. The number of anilines is 2. The van der Waals surface area contributed by atoms with Crippen molar-refractivity contribution >= 4 is 22.3 Å². The number of nitrogens with two attached hydrogens (primary N) is 1. The molecule has 1 aliphatic rings. The van der Waals surface area contributed by atoms with Gasteiger partial charge < -0.3 is 15.5 Å². The van der Waals surface area contributed by atoms with Crippen LogP contribution in [0.4, 0.5) is 15.9 Å². The van der Waals surface area contributed by atoms with E-state index in [1.54, 1.807) is 0 Å².